The number of para-hydroxylation sites is 1. The van der Waals surface area contributed by atoms with Crippen LogP contribution in [-0.2, 0) is 18.3 Å². The number of benzene rings is 2. The number of nitrogens with zero attached hydrogens (tertiary/aromatic N) is 3. The number of anilines is 1. The van der Waals surface area contributed by atoms with Gasteiger partial charge in [-0.3, -0.25) is 9.48 Å². The maximum Gasteiger partial charge on any atom is 0.270 e. The number of aryl methyl sites for hydroxylation is 2. The number of amides is 1. The molecule has 0 saturated heterocycles. The SMILES string of the molecule is COc1ccc2c3c1-c1c(c(C(O)=C(C#N)C(=O)Nc4ccccc4)nn1C)C3CCC2. The summed E-state index contributed by atoms with van der Waals surface area (Å²) in [5.41, 5.74) is 5.64. The van der Waals surface area contributed by atoms with Crippen LogP contribution in [0.1, 0.15) is 41.1 Å². The second-order valence-electron chi connectivity index (χ2n) is 8.05. The van der Waals surface area contributed by atoms with Crippen molar-refractivity contribution in [1.29, 1.82) is 5.26 Å². The van der Waals surface area contributed by atoms with Crippen LogP contribution in [0.4, 0.5) is 5.69 Å². The lowest BCUT2D eigenvalue weighted by Gasteiger charge is -2.23. The van der Waals surface area contributed by atoms with E-state index in [-0.39, 0.29) is 17.2 Å². The molecule has 1 unspecified atom stereocenters. The smallest absolute Gasteiger partial charge is 0.270 e. The van der Waals surface area contributed by atoms with Gasteiger partial charge < -0.3 is 15.2 Å². The molecule has 5 rings (SSSR count). The highest BCUT2D eigenvalue weighted by molar-refractivity contribution is 6.11. The van der Waals surface area contributed by atoms with E-state index < -0.39 is 11.7 Å². The molecule has 0 fully saturated rings. The van der Waals surface area contributed by atoms with Crippen molar-refractivity contribution in [3.8, 4) is 23.1 Å². The first kappa shape index (κ1) is 19.9. The van der Waals surface area contributed by atoms with Gasteiger partial charge in [-0.15, -0.1) is 0 Å². The van der Waals surface area contributed by atoms with E-state index in [1.54, 1.807) is 36.1 Å². The van der Waals surface area contributed by atoms with Crippen LogP contribution < -0.4 is 10.1 Å². The van der Waals surface area contributed by atoms with Gasteiger partial charge in [-0.25, -0.2) is 0 Å². The molecule has 32 heavy (non-hydrogen) atoms. The predicted octanol–water partition coefficient (Wildman–Crippen LogP) is 4.31. The maximum atomic E-state index is 12.8. The Morgan fingerprint density at radius 3 is 2.75 bits per heavy atom. The van der Waals surface area contributed by atoms with E-state index in [9.17, 15) is 15.2 Å². The molecule has 160 valence electrons. The van der Waals surface area contributed by atoms with Gasteiger partial charge in [0.1, 0.15) is 17.5 Å². The third-order valence-electron chi connectivity index (χ3n) is 6.31. The third-order valence-corrected chi connectivity index (χ3v) is 6.31. The summed E-state index contributed by atoms with van der Waals surface area (Å²) in [6, 6.07) is 14.8. The number of hydrogen-bond acceptors (Lipinski definition) is 5. The summed E-state index contributed by atoms with van der Waals surface area (Å²) < 4.78 is 7.36. The number of nitriles is 1. The van der Waals surface area contributed by atoms with Crippen LogP contribution in [0.5, 0.6) is 5.75 Å². The first-order valence-electron chi connectivity index (χ1n) is 10.5. The number of ether oxygens (including phenoxy) is 1. The Hall–Kier alpha value is -4.05. The molecule has 2 N–H and O–H groups in total. The molecule has 1 aromatic heterocycles. The number of aliphatic hydroxyl groups is 1. The minimum Gasteiger partial charge on any atom is -0.504 e. The lowest BCUT2D eigenvalue weighted by Crippen LogP contribution is -2.16. The molecule has 1 atom stereocenters. The van der Waals surface area contributed by atoms with Crippen molar-refractivity contribution in [1.82, 2.24) is 9.78 Å². The summed E-state index contributed by atoms with van der Waals surface area (Å²) in [7, 11) is 3.45. The van der Waals surface area contributed by atoms with Gasteiger partial charge in [0.2, 0.25) is 0 Å². The zero-order valence-corrected chi connectivity index (χ0v) is 17.8. The molecule has 1 amide bonds. The van der Waals surface area contributed by atoms with E-state index in [1.807, 2.05) is 25.2 Å². The number of hydrogen-bond donors (Lipinski definition) is 2. The van der Waals surface area contributed by atoms with Crippen molar-refractivity contribution in [2.75, 3.05) is 12.4 Å². The zero-order valence-electron chi connectivity index (χ0n) is 17.8. The van der Waals surface area contributed by atoms with E-state index in [2.05, 4.69) is 16.5 Å². The summed E-state index contributed by atoms with van der Waals surface area (Å²) in [6.07, 6.45) is 2.91. The fraction of sp³-hybridized carbons (Fsp3) is 0.240. The molecule has 7 heteroatoms. The first-order valence-corrected chi connectivity index (χ1v) is 10.5. The molecular weight excluding hydrogens is 404 g/mol. The van der Waals surface area contributed by atoms with Crippen molar-refractivity contribution >= 4 is 17.4 Å². The highest BCUT2D eigenvalue weighted by Gasteiger charge is 2.41. The number of aliphatic hydroxyl groups excluding tert-OH is 1. The molecule has 0 radical (unpaired) electrons. The van der Waals surface area contributed by atoms with Gasteiger partial charge in [-0.05, 0) is 48.6 Å². The summed E-state index contributed by atoms with van der Waals surface area (Å²) >= 11 is 0. The van der Waals surface area contributed by atoms with Crippen LogP contribution in [0.15, 0.2) is 48.0 Å². The largest absolute Gasteiger partial charge is 0.504 e. The Kier molecular flexibility index (Phi) is 4.71. The van der Waals surface area contributed by atoms with Gasteiger partial charge in [-0.2, -0.15) is 10.4 Å². The van der Waals surface area contributed by atoms with Gasteiger partial charge in [0.15, 0.2) is 11.3 Å². The summed E-state index contributed by atoms with van der Waals surface area (Å²) in [6.45, 7) is 0. The molecule has 0 bridgehead atoms. The molecule has 1 heterocycles. The fourth-order valence-corrected chi connectivity index (χ4v) is 4.99. The van der Waals surface area contributed by atoms with Gasteiger partial charge >= 0.3 is 0 Å². The number of aromatic nitrogens is 2. The topological polar surface area (TPSA) is 100 Å². The average Bonchev–Trinajstić information content (AvgIpc) is 3.33. The molecule has 0 spiro atoms. The summed E-state index contributed by atoms with van der Waals surface area (Å²) in [5, 5.41) is 28.0. The number of carbonyl (C=O) groups is 1. The van der Waals surface area contributed by atoms with E-state index in [0.29, 0.717) is 5.69 Å². The lowest BCUT2D eigenvalue weighted by molar-refractivity contribution is -0.112. The van der Waals surface area contributed by atoms with E-state index in [1.165, 1.54) is 11.1 Å². The second kappa shape index (κ2) is 7.57. The predicted molar refractivity (Wildman–Crippen MR) is 120 cm³/mol. The van der Waals surface area contributed by atoms with Crippen molar-refractivity contribution < 1.29 is 14.6 Å². The van der Waals surface area contributed by atoms with Gasteiger partial charge in [0.25, 0.3) is 5.91 Å². The molecular formula is C25H22N4O3. The number of nitrogens with one attached hydrogen (secondary N) is 1. The fourth-order valence-electron chi connectivity index (χ4n) is 4.99. The second-order valence-corrected chi connectivity index (χ2v) is 8.05. The third kappa shape index (κ3) is 2.88. The molecule has 0 saturated carbocycles. The van der Waals surface area contributed by atoms with E-state index in [4.69, 9.17) is 4.74 Å². The van der Waals surface area contributed by atoms with Crippen molar-refractivity contribution in [3.63, 3.8) is 0 Å². The Labute approximate surface area is 185 Å². The van der Waals surface area contributed by atoms with Crippen LogP contribution in [-0.4, -0.2) is 27.9 Å². The Bertz CT molecular complexity index is 1320. The minimum atomic E-state index is -0.673. The molecule has 3 aromatic rings. The van der Waals surface area contributed by atoms with Crippen LogP contribution in [0.2, 0.25) is 0 Å². The van der Waals surface area contributed by atoms with Crippen molar-refractivity contribution in [3.05, 3.63) is 70.4 Å². The van der Waals surface area contributed by atoms with Crippen LogP contribution in [0.25, 0.3) is 17.0 Å². The van der Waals surface area contributed by atoms with Gasteiger partial charge in [0.05, 0.1) is 12.8 Å². The molecule has 7 nitrogen and oxygen atoms in total. The van der Waals surface area contributed by atoms with Crippen LogP contribution in [0, 0.1) is 11.3 Å². The van der Waals surface area contributed by atoms with Crippen molar-refractivity contribution in [2.45, 2.75) is 25.2 Å². The molecule has 2 aliphatic carbocycles. The normalized spacial score (nSPS) is 16.5. The first-order chi connectivity index (χ1) is 15.5. The maximum absolute atomic E-state index is 12.8. The Morgan fingerprint density at radius 1 is 1.25 bits per heavy atom. The van der Waals surface area contributed by atoms with Gasteiger partial charge in [-0.1, -0.05) is 24.3 Å². The van der Waals surface area contributed by atoms with E-state index in [0.717, 1.165) is 41.8 Å². The number of methoxy groups -OCH3 is 1. The highest BCUT2D eigenvalue weighted by Crippen LogP contribution is 2.55. The average molecular weight is 426 g/mol. The van der Waals surface area contributed by atoms with Crippen LogP contribution >= 0.6 is 0 Å². The molecule has 2 aliphatic rings. The minimum absolute atomic E-state index is 0.0434. The highest BCUT2D eigenvalue weighted by atomic mass is 16.5. The lowest BCUT2D eigenvalue weighted by atomic mass is 9.81. The Balaban J connectivity index is 1.65. The monoisotopic (exact) mass is 426 g/mol. The zero-order chi connectivity index (χ0) is 22.4. The van der Waals surface area contributed by atoms with Gasteiger partial charge in [0, 0.05) is 29.8 Å². The Morgan fingerprint density at radius 2 is 2.03 bits per heavy atom. The van der Waals surface area contributed by atoms with Crippen LogP contribution in [0.3, 0.4) is 0 Å². The standard InChI is InChI=1S/C25H22N4O3/c1-29-23-20(16-10-6-7-14-11-12-18(32-2)21(23)19(14)16)22(28-29)24(30)17(13-26)25(31)27-15-8-4-3-5-9-15/h3-5,8-9,11-12,16,30H,6-7,10H2,1-2H3,(H,27,31). The van der Waals surface area contributed by atoms with Crippen molar-refractivity contribution in [2.24, 2.45) is 7.05 Å². The summed E-state index contributed by atoms with van der Waals surface area (Å²) in [5.74, 6) is -0.277. The molecule has 0 aliphatic heterocycles. The van der Waals surface area contributed by atoms with E-state index >= 15 is 0 Å². The number of carbonyl (C=O) groups excluding carboxylic acids is 1. The number of rotatable bonds is 4. The molecule has 2 aromatic carbocycles. The summed E-state index contributed by atoms with van der Waals surface area (Å²) in [4.78, 5) is 12.8. The number of fused-ring (bicyclic) bond motifs is 3. The quantitative estimate of drug-likeness (QED) is 0.368.